The first-order chi connectivity index (χ1) is 9.99. The molecule has 0 bridgehead atoms. The maximum absolute atomic E-state index is 11.1. The fraction of sp³-hybridized carbons (Fsp3) is 0.250. The molecule has 0 spiro atoms. The highest BCUT2D eigenvalue weighted by atomic mass is 79.9. The standard InChI is InChI=1S/C16H15BrClNO2/c1-11(16(17)12-5-3-2-4-6-12)9-13-10-14(18)7-8-15(13)19(20)21/h2-8,10-11,16H,9H2,1H3. The highest BCUT2D eigenvalue weighted by molar-refractivity contribution is 9.09. The van der Waals surface area contributed by atoms with Crippen LogP contribution in [0.3, 0.4) is 0 Å². The summed E-state index contributed by atoms with van der Waals surface area (Å²) in [6.07, 6.45) is 0.585. The number of halogens is 2. The molecular weight excluding hydrogens is 354 g/mol. The molecule has 0 heterocycles. The molecule has 2 unspecified atom stereocenters. The first-order valence-electron chi connectivity index (χ1n) is 6.61. The fourth-order valence-electron chi connectivity index (χ4n) is 2.31. The van der Waals surface area contributed by atoms with Gasteiger partial charge in [-0.15, -0.1) is 0 Å². The molecule has 0 aliphatic carbocycles. The summed E-state index contributed by atoms with van der Waals surface area (Å²) in [5, 5.41) is 11.6. The third-order valence-corrected chi connectivity index (χ3v) is 5.06. The third kappa shape index (κ3) is 4.05. The Kier molecular flexibility index (Phi) is 5.37. The van der Waals surface area contributed by atoms with Crippen molar-refractivity contribution >= 4 is 33.2 Å². The van der Waals surface area contributed by atoms with Crippen LogP contribution in [0.1, 0.15) is 22.9 Å². The Balaban J connectivity index is 2.21. The lowest BCUT2D eigenvalue weighted by Crippen LogP contribution is -2.08. The van der Waals surface area contributed by atoms with Gasteiger partial charge in [0.1, 0.15) is 0 Å². The van der Waals surface area contributed by atoms with Gasteiger partial charge < -0.3 is 0 Å². The van der Waals surface area contributed by atoms with E-state index in [1.54, 1.807) is 12.1 Å². The zero-order chi connectivity index (χ0) is 15.4. The van der Waals surface area contributed by atoms with E-state index in [-0.39, 0.29) is 21.4 Å². The Morgan fingerprint density at radius 3 is 2.52 bits per heavy atom. The van der Waals surface area contributed by atoms with Gasteiger partial charge >= 0.3 is 0 Å². The van der Waals surface area contributed by atoms with Gasteiger partial charge in [0.25, 0.3) is 5.69 Å². The topological polar surface area (TPSA) is 43.1 Å². The summed E-state index contributed by atoms with van der Waals surface area (Å²) in [5.41, 5.74) is 1.95. The number of nitro groups is 1. The Labute approximate surface area is 137 Å². The molecule has 21 heavy (non-hydrogen) atoms. The number of alkyl halides is 1. The SMILES string of the molecule is CC(Cc1cc(Cl)ccc1[N+](=O)[O-])C(Br)c1ccccc1. The molecular formula is C16H15BrClNO2. The summed E-state index contributed by atoms with van der Waals surface area (Å²) in [5.74, 6) is 0.199. The number of nitrogens with zero attached hydrogens (tertiary/aromatic N) is 1. The van der Waals surface area contributed by atoms with Crippen LogP contribution in [-0.2, 0) is 6.42 Å². The second-order valence-electron chi connectivity index (χ2n) is 5.02. The zero-order valence-corrected chi connectivity index (χ0v) is 13.8. The van der Waals surface area contributed by atoms with E-state index in [4.69, 9.17) is 11.6 Å². The molecule has 0 fully saturated rings. The van der Waals surface area contributed by atoms with Crippen LogP contribution in [0, 0.1) is 16.0 Å². The van der Waals surface area contributed by atoms with E-state index in [2.05, 4.69) is 22.9 Å². The van der Waals surface area contributed by atoms with Crippen LogP contribution in [0.2, 0.25) is 5.02 Å². The van der Waals surface area contributed by atoms with E-state index in [1.165, 1.54) is 6.07 Å². The van der Waals surface area contributed by atoms with E-state index in [0.29, 0.717) is 17.0 Å². The van der Waals surface area contributed by atoms with Gasteiger partial charge in [0.2, 0.25) is 0 Å². The number of hydrogen-bond donors (Lipinski definition) is 0. The summed E-state index contributed by atoms with van der Waals surface area (Å²) < 4.78 is 0. The summed E-state index contributed by atoms with van der Waals surface area (Å²) in [7, 11) is 0. The van der Waals surface area contributed by atoms with Crippen molar-refractivity contribution in [2.45, 2.75) is 18.2 Å². The summed E-state index contributed by atoms with van der Waals surface area (Å²) in [4.78, 5) is 10.9. The number of rotatable bonds is 5. The smallest absolute Gasteiger partial charge is 0.258 e. The highest BCUT2D eigenvalue weighted by Crippen LogP contribution is 2.35. The average molecular weight is 369 g/mol. The first kappa shape index (κ1) is 16.0. The molecule has 2 aromatic rings. The van der Waals surface area contributed by atoms with Gasteiger partial charge in [-0.3, -0.25) is 10.1 Å². The van der Waals surface area contributed by atoms with Crippen molar-refractivity contribution in [3.8, 4) is 0 Å². The van der Waals surface area contributed by atoms with Gasteiger partial charge in [-0.2, -0.15) is 0 Å². The Hall–Kier alpha value is -1.39. The molecule has 2 aromatic carbocycles. The first-order valence-corrected chi connectivity index (χ1v) is 7.90. The molecule has 3 nitrogen and oxygen atoms in total. The maximum atomic E-state index is 11.1. The molecule has 0 aliphatic rings. The maximum Gasteiger partial charge on any atom is 0.272 e. The van der Waals surface area contributed by atoms with Gasteiger partial charge in [-0.25, -0.2) is 0 Å². The minimum absolute atomic E-state index is 0.124. The quantitative estimate of drug-likeness (QED) is 0.394. The van der Waals surface area contributed by atoms with Crippen molar-refractivity contribution in [2.75, 3.05) is 0 Å². The largest absolute Gasteiger partial charge is 0.272 e. The van der Waals surface area contributed by atoms with Crippen molar-refractivity contribution < 1.29 is 4.92 Å². The molecule has 2 rings (SSSR count). The van der Waals surface area contributed by atoms with Crippen molar-refractivity contribution in [1.82, 2.24) is 0 Å². The van der Waals surface area contributed by atoms with Crippen molar-refractivity contribution in [1.29, 1.82) is 0 Å². The van der Waals surface area contributed by atoms with Gasteiger partial charge in [0, 0.05) is 21.5 Å². The normalized spacial score (nSPS) is 13.7. The minimum atomic E-state index is -0.357. The molecule has 2 atom stereocenters. The molecule has 5 heteroatoms. The van der Waals surface area contributed by atoms with Gasteiger partial charge in [-0.1, -0.05) is 64.8 Å². The van der Waals surface area contributed by atoms with Crippen molar-refractivity contribution in [3.63, 3.8) is 0 Å². The summed E-state index contributed by atoms with van der Waals surface area (Å²) in [6, 6.07) is 14.7. The predicted molar refractivity (Wildman–Crippen MR) is 89.1 cm³/mol. The Morgan fingerprint density at radius 1 is 1.24 bits per heavy atom. The second kappa shape index (κ2) is 7.05. The van der Waals surface area contributed by atoms with E-state index < -0.39 is 0 Å². The lowest BCUT2D eigenvalue weighted by Gasteiger charge is -2.19. The lowest BCUT2D eigenvalue weighted by molar-refractivity contribution is -0.385. The van der Waals surface area contributed by atoms with E-state index in [9.17, 15) is 10.1 Å². The highest BCUT2D eigenvalue weighted by Gasteiger charge is 2.21. The average Bonchev–Trinajstić information content (AvgIpc) is 2.47. The summed E-state index contributed by atoms with van der Waals surface area (Å²) >= 11 is 9.65. The minimum Gasteiger partial charge on any atom is -0.258 e. The van der Waals surface area contributed by atoms with Crippen LogP contribution in [0.15, 0.2) is 48.5 Å². The van der Waals surface area contributed by atoms with E-state index in [1.807, 2.05) is 30.3 Å². The molecule has 0 amide bonds. The Morgan fingerprint density at radius 2 is 1.90 bits per heavy atom. The van der Waals surface area contributed by atoms with Crippen LogP contribution in [0.5, 0.6) is 0 Å². The molecule has 0 aliphatic heterocycles. The predicted octanol–water partition coefficient (Wildman–Crippen LogP) is 5.56. The Bertz CT molecular complexity index is 633. The third-order valence-electron chi connectivity index (χ3n) is 3.40. The van der Waals surface area contributed by atoms with Gasteiger partial charge in [-0.05, 0) is 30.0 Å². The monoisotopic (exact) mass is 367 g/mol. The van der Waals surface area contributed by atoms with Crippen LogP contribution in [0.4, 0.5) is 5.69 Å². The number of hydrogen-bond acceptors (Lipinski definition) is 2. The van der Waals surface area contributed by atoms with Crippen LogP contribution >= 0.6 is 27.5 Å². The van der Waals surface area contributed by atoms with Crippen LogP contribution < -0.4 is 0 Å². The van der Waals surface area contributed by atoms with Crippen LogP contribution in [-0.4, -0.2) is 4.92 Å². The number of benzene rings is 2. The summed E-state index contributed by atoms with van der Waals surface area (Å²) in [6.45, 7) is 2.07. The van der Waals surface area contributed by atoms with E-state index >= 15 is 0 Å². The second-order valence-corrected chi connectivity index (χ2v) is 6.45. The zero-order valence-electron chi connectivity index (χ0n) is 11.5. The van der Waals surface area contributed by atoms with E-state index in [0.717, 1.165) is 5.56 Å². The van der Waals surface area contributed by atoms with Crippen LogP contribution in [0.25, 0.3) is 0 Å². The lowest BCUT2D eigenvalue weighted by atomic mass is 9.93. The molecule has 110 valence electrons. The fourth-order valence-corrected chi connectivity index (χ4v) is 3.00. The van der Waals surface area contributed by atoms with Crippen molar-refractivity contribution in [3.05, 3.63) is 74.8 Å². The number of nitro benzene ring substituents is 1. The van der Waals surface area contributed by atoms with Crippen molar-refractivity contribution in [2.24, 2.45) is 5.92 Å². The molecule has 0 saturated carbocycles. The van der Waals surface area contributed by atoms with Gasteiger partial charge in [0.15, 0.2) is 0 Å². The van der Waals surface area contributed by atoms with Gasteiger partial charge in [0.05, 0.1) is 4.92 Å². The molecule has 0 N–H and O–H groups in total. The molecule has 0 radical (unpaired) electrons. The molecule has 0 saturated heterocycles. The molecule has 0 aromatic heterocycles.